The van der Waals surface area contributed by atoms with E-state index in [2.05, 4.69) is 0 Å². The summed E-state index contributed by atoms with van der Waals surface area (Å²) in [5.74, 6) is -1.22. The highest BCUT2D eigenvalue weighted by molar-refractivity contribution is 5.95. The van der Waals surface area contributed by atoms with Gasteiger partial charge in [0.2, 0.25) is 0 Å². The maximum Gasteiger partial charge on any atom is 0.340 e. The lowest BCUT2D eigenvalue weighted by Gasteiger charge is -2.06. The number of halogens is 1. The predicted molar refractivity (Wildman–Crippen MR) is 52.8 cm³/mol. The van der Waals surface area contributed by atoms with Crippen molar-refractivity contribution in [2.75, 3.05) is 18.9 Å². The first-order chi connectivity index (χ1) is 7.15. The Balaban J connectivity index is 2.68. The summed E-state index contributed by atoms with van der Waals surface area (Å²) in [6.07, 6.45) is 0.348. The molecule has 0 atom stereocenters. The standard InChI is InChI=1S/C10H12FNO3/c11-7-2-3-9(12)8(6-7)10(14)15-5-1-4-13/h2-3,6,13H,1,4-5,12H2. The summed E-state index contributed by atoms with van der Waals surface area (Å²) in [6, 6.07) is 3.49. The van der Waals surface area contributed by atoms with Gasteiger partial charge >= 0.3 is 5.97 Å². The molecule has 0 radical (unpaired) electrons. The number of hydrogen-bond acceptors (Lipinski definition) is 4. The fourth-order valence-corrected chi connectivity index (χ4v) is 1.01. The van der Waals surface area contributed by atoms with Crippen molar-refractivity contribution < 1.29 is 19.0 Å². The molecule has 0 aromatic heterocycles. The number of aliphatic hydroxyl groups is 1. The van der Waals surface area contributed by atoms with Crippen molar-refractivity contribution in [1.82, 2.24) is 0 Å². The smallest absolute Gasteiger partial charge is 0.340 e. The monoisotopic (exact) mass is 213 g/mol. The molecule has 1 aromatic rings. The molecule has 1 rings (SSSR count). The molecule has 0 saturated carbocycles. The Kier molecular flexibility index (Phi) is 4.05. The molecule has 3 N–H and O–H groups in total. The highest BCUT2D eigenvalue weighted by atomic mass is 19.1. The number of benzene rings is 1. The molecule has 0 aliphatic carbocycles. The van der Waals surface area contributed by atoms with E-state index in [1.165, 1.54) is 12.1 Å². The van der Waals surface area contributed by atoms with E-state index in [9.17, 15) is 9.18 Å². The number of aliphatic hydroxyl groups excluding tert-OH is 1. The molecule has 0 heterocycles. The lowest BCUT2D eigenvalue weighted by atomic mass is 10.2. The Morgan fingerprint density at radius 2 is 2.27 bits per heavy atom. The molecule has 0 aliphatic rings. The van der Waals surface area contributed by atoms with Crippen LogP contribution in [0.2, 0.25) is 0 Å². The van der Waals surface area contributed by atoms with Crippen LogP contribution in [0.4, 0.5) is 10.1 Å². The Bertz CT molecular complexity index is 355. The summed E-state index contributed by atoms with van der Waals surface area (Å²) in [4.78, 5) is 11.3. The third-order valence-corrected chi connectivity index (χ3v) is 1.77. The van der Waals surface area contributed by atoms with E-state index < -0.39 is 11.8 Å². The number of esters is 1. The zero-order valence-electron chi connectivity index (χ0n) is 8.07. The van der Waals surface area contributed by atoms with Crippen LogP contribution < -0.4 is 5.73 Å². The van der Waals surface area contributed by atoms with Crippen LogP contribution in [-0.4, -0.2) is 24.3 Å². The summed E-state index contributed by atoms with van der Waals surface area (Å²) in [6.45, 7) is 0.0250. The Labute approximate surface area is 86.5 Å². The molecule has 5 heteroatoms. The van der Waals surface area contributed by atoms with Crippen molar-refractivity contribution >= 4 is 11.7 Å². The SMILES string of the molecule is Nc1ccc(F)cc1C(=O)OCCCO. The van der Waals surface area contributed by atoms with Gasteiger partial charge in [-0.3, -0.25) is 0 Å². The minimum absolute atomic E-state index is 0.00735. The van der Waals surface area contributed by atoms with E-state index in [0.29, 0.717) is 6.42 Å². The fourth-order valence-electron chi connectivity index (χ4n) is 1.01. The van der Waals surface area contributed by atoms with E-state index in [4.69, 9.17) is 15.6 Å². The van der Waals surface area contributed by atoms with E-state index in [1.807, 2.05) is 0 Å². The lowest BCUT2D eigenvalue weighted by Crippen LogP contribution is -2.10. The fraction of sp³-hybridized carbons (Fsp3) is 0.300. The van der Waals surface area contributed by atoms with Crippen molar-refractivity contribution in [2.45, 2.75) is 6.42 Å². The summed E-state index contributed by atoms with van der Waals surface area (Å²) < 4.78 is 17.6. The van der Waals surface area contributed by atoms with Crippen LogP contribution in [0.1, 0.15) is 16.8 Å². The maximum atomic E-state index is 12.8. The molecule has 82 valence electrons. The number of nitrogen functional groups attached to an aromatic ring is 1. The lowest BCUT2D eigenvalue weighted by molar-refractivity contribution is 0.0483. The normalized spacial score (nSPS) is 10.0. The van der Waals surface area contributed by atoms with Gasteiger partial charge in [0.25, 0.3) is 0 Å². The van der Waals surface area contributed by atoms with E-state index in [0.717, 1.165) is 6.07 Å². The second kappa shape index (κ2) is 5.31. The highest BCUT2D eigenvalue weighted by Gasteiger charge is 2.11. The predicted octanol–water partition coefficient (Wildman–Crippen LogP) is 0.947. The summed E-state index contributed by atoms with van der Waals surface area (Å²) in [7, 11) is 0. The van der Waals surface area contributed by atoms with E-state index in [-0.39, 0.29) is 24.5 Å². The third kappa shape index (κ3) is 3.21. The number of hydrogen-bond donors (Lipinski definition) is 2. The third-order valence-electron chi connectivity index (χ3n) is 1.77. The van der Waals surface area contributed by atoms with Crippen LogP contribution in [0.3, 0.4) is 0 Å². The molecule has 0 aliphatic heterocycles. The second-order valence-electron chi connectivity index (χ2n) is 2.94. The number of nitrogens with two attached hydrogens (primary N) is 1. The van der Waals surface area contributed by atoms with Crippen LogP contribution in [0.25, 0.3) is 0 Å². The van der Waals surface area contributed by atoms with Crippen LogP contribution in [0, 0.1) is 5.82 Å². The van der Waals surface area contributed by atoms with Gasteiger partial charge in [0.05, 0.1) is 12.2 Å². The van der Waals surface area contributed by atoms with E-state index >= 15 is 0 Å². The van der Waals surface area contributed by atoms with Crippen molar-refractivity contribution in [3.63, 3.8) is 0 Å². The molecule has 0 spiro atoms. The van der Waals surface area contributed by atoms with Gasteiger partial charge in [-0.1, -0.05) is 0 Å². The zero-order valence-corrected chi connectivity index (χ0v) is 8.07. The number of rotatable bonds is 4. The van der Waals surface area contributed by atoms with Crippen molar-refractivity contribution in [3.8, 4) is 0 Å². The average Bonchev–Trinajstić information content (AvgIpc) is 2.22. The van der Waals surface area contributed by atoms with Gasteiger partial charge in [0, 0.05) is 18.7 Å². The van der Waals surface area contributed by atoms with Crippen LogP contribution in [-0.2, 0) is 4.74 Å². The minimum Gasteiger partial charge on any atom is -0.462 e. The van der Waals surface area contributed by atoms with Gasteiger partial charge < -0.3 is 15.6 Å². The first kappa shape index (κ1) is 11.5. The van der Waals surface area contributed by atoms with Gasteiger partial charge in [0.15, 0.2) is 0 Å². The summed E-state index contributed by atoms with van der Waals surface area (Å²) >= 11 is 0. The molecule has 0 fully saturated rings. The Morgan fingerprint density at radius 3 is 2.93 bits per heavy atom. The van der Waals surface area contributed by atoms with Crippen LogP contribution in [0.15, 0.2) is 18.2 Å². The van der Waals surface area contributed by atoms with Crippen LogP contribution in [0.5, 0.6) is 0 Å². The molecular formula is C10H12FNO3. The summed E-state index contributed by atoms with van der Waals surface area (Å²) in [5, 5.41) is 8.47. The largest absolute Gasteiger partial charge is 0.462 e. The molecule has 0 amide bonds. The van der Waals surface area contributed by atoms with Gasteiger partial charge in [-0.25, -0.2) is 9.18 Å². The molecule has 15 heavy (non-hydrogen) atoms. The number of ether oxygens (including phenoxy) is 1. The topological polar surface area (TPSA) is 72.6 Å². The van der Waals surface area contributed by atoms with Gasteiger partial charge in [-0.2, -0.15) is 0 Å². The van der Waals surface area contributed by atoms with Crippen molar-refractivity contribution in [3.05, 3.63) is 29.6 Å². The van der Waals surface area contributed by atoms with Gasteiger partial charge in [-0.05, 0) is 18.2 Å². The molecule has 0 unspecified atom stereocenters. The molecule has 1 aromatic carbocycles. The Morgan fingerprint density at radius 1 is 1.53 bits per heavy atom. The highest BCUT2D eigenvalue weighted by Crippen LogP contribution is 2.14. The number of carbonyl (C=O) groups is 1. The zero-order chi connectivity index (χ0) is 11.3. The first-order valence-corrected chi connectivity index (χ1v) is 4.48. The molecule has 0 bridgehead atoms. The van der Waals surface area contributed by atoms with Gasteiger partial charge in [-0.15, -0.1) is 0 Å². The number of anilines is 1. The van der Waals surface area contributed by atoms with E-state index in [1.54, 1.807) is 0 Å². The quantitative estimate of drug-likeness (QED) is 0.443. The first-order valence-electron chi connectivity index (χ1n) is 4.48. The average molecular weight is 213 g/mol. The van der Waals surface area contributed by atoms with Crippen LogP contribution >= 0.6 is 0 Å². The minimum atomic E-state index is -0.680. The second-order valence-corrected chi connectivity index (χ2v) is 2.94. The number of carbonyl (C=O) groups excluding carboxylic acids is 1. The molecule has 4 nitrogen and oxygen atoms in total. The Hall–Kier alpha value is -1.62. The maximum absolute atomic E-state index is 12.8. The molecular weight excluding hydrogens is 201 g/mol. The van der Waals surface area contributed by atoms with Crippen molar-refractivity contribution in [2.24, 2.45) is 0 Å². The summed E-state index contributed by atoms with van der Waals surface area (Å²) in [5.41, 5.74) is 5.66. The van der Waals surface area contributed by atoms with Gasteiger partial charge in [0.1, 0.15) is 5.82 Å². The van der Waals surface area contributed by atoms with Crippen molar-refractivity contribution in [1.29, 1.82) is 0 Å². The molecule has 0 saturated heterocycles.